The van der Waals surface area contributed by atoms with Crippen molar-refractivity contribution in [3.8, 4) is 5.75 Å². The molecule has 1 aromatic heterocycles. The quantitative estimate of drug-likeness (QED) is 0.848. The van der Waals surface area contributed by atoms with Crippen LogP contribution >= 0.6 is 27.5 Å². The molecule has 0 spiro atoms. The summed E-state index contributed by atoms with van der Waals surface area (Å²) in [5.41, 5.74) is 0.746. The summed E-state index contributed by atoms with van der Waals surface area (Å²) in [7, 11) is 0. The summed E-state index contributed by atoms with van der Waals surface area (Å²) in [6.45, 7) is 0. The van der Waals surface area contributed by atoms with Gasteiger partial charge in [-0.25, -0.2) is 0 Å². The lowest BCUT2D eigenvalue weighted by molar-refractivity contribution is -0.115. The van der Waals surface area contributed by atoms with Gasteiger partial charge in [-0.1, -0.05) is 16.8 Å². The number of nitrogens with one attached hydrogen (secondary N) is 1. The number of carbonyl (C=O) groups is 1. The second kappa shape index (κ2) is 5.41. The molecule has 5 nitrogen and oxygen atoms in total. The van der Waals surface area contributed by atoms with Crippen molar-refractivity contribution in [3.63, 3.8) is 0 Å². The predicted molar refractivity (Wildman–Crippen MR) is 69.7 cm³/mol. The first-order chi connectivity index (χ1) is 8.56. The van der Waals surface area contributed by atoms with Gasteiger partial charge in [-0.2, -0.15) is 0 Å². The van der Waals surface area contributed by atoms with E-state index in [0.29, 0.717) is 15.2 Å². The summed E-state index contributed by atoms with van der Waals surface area (Å²) in [5.74, 6) is -0.402. The normalized spacial score (nSPS) is 10.3. The average molecular weight is 332 g/mol. The topological polar surface area (TPSA) is 75.4 Å². The van der Waals surface area contributed by atoms with Gasteiger partial charge in [0.25, 0.3) is 0 Å². The minimum atomic E-state index is -0.326. The smallest absolute Gasteiger partial charge is 0.230 e. The Balaban J connectivity index is 2.12. The first kappa shape index (κ1) is 12.9. The highest BCUT2D eigenvalue weighted by Crippen LogP contribution is 2.35. The highest BCUT2D eigenvalue weighted by Gasteiger charge is 2.12. The van der Waals surface area contributed by atoms with E-state index in [1.165, 1.54) is 18.4 Å². The number of anilines is 1. The van der Waals surface area contributed by atoms with Gasteiger partial charge in [0, 0.05) is 11.1 Å². The predicted octanol–water partition coefficient (Wildman–Crippen LogP) is 2.98. The molecule has 0 fully saturated rings. The fourth-order valence-electron chi connectivity index (χ4n) is 1.35. The van der Waals surface area contributed by atoms with Crippen LogP contribution in [0.2, 0.25) is 5.02 Å². The van der Waals surface area contributed by atoms with Gasteiger partial charge in [-0.15, -0.1) is 0 Å². The lowest BCUT2D eigenvalue weighted by Gasteiger charge is -2.08. The van der Waals surface area contributed by atoms with E-state index in [4.69, 9.17) is 11.6 Å². The molecule has 0 aliphatic rings. The lowest BCUT2D eigenvalue weighted by Crippen LogP contribution is -2.14. The highest BCUT2D eigenvalue weighted by atomic mass is 79.9. The Morgan fingerprint density at radius 3 is 3.00 bits per heavy atom. The molecule has 1 amide bonds. The molecule has 18 heavy (non-hydrogen) atoms. The highest BCUT2D eigenvalue weighted by molar-refractivity contribution is 9.10. The molecule has 0 aliphatic heterocycles. The van der Waals surface area contributed by atoms with E-state index in [1.54, 1.807) is 6.07 Å². The number of nitrogens with zero attached hydrogens (tertiary/aromatic N) is 1. The maximum absolute atomic E-state index is 11.7. The van der Waals surface area contributed by atoms with E-state index in [1.807, 2.05) is 0 Å². The molecule has 0 aliphatic carbocycles. The average Bonchev–Trinajstić information content (AvgIpc) is 2.77. The Labute approximate surface area is 116 Å². The second-order valence-electron chi connectivity index (χ2n) is 3.50. The zero-order chi connectivity index (χ0) is 13.1. The Bertz CT molecular complexity index is 572. The largest absolute Gasteiger partial charge is 0.505 e. The number of carbonyl (C=O) groups excluding carboxylic acids is 1. The number of phenolic OH excluding ortho intramolecular Hbond substituents is 1. The maximum Gasteiger partial charge on any atom is 0.230 e. The first-order valence-electron chi connectivity index (χ1n) is 4.93. The molecule has 2 rings (SSSR count). The summed E-state index contributed by atoms with van der Waals surface area (Å²) >= 11 is 8.96. The van der Waals surface area contributed by atoms with Gasteiger partial charge in [0.1, 0.15) is 6.26 Å². The Kier molecular flexibility index (Phi) is 3.88. The van der Waals surface area contributed by atoms with Gasteiger partial charge in [-0.3, -0.25) is 4.79 Å². The van der Waals surface area contributed by atoms with Crippen LogP contribution in [-0.4, -0.2) is 16.2 Å². The van der Waals surface area contributed by atoms with Crippen molar-refractivity contribution in [2.75, 3.05) is 5.32 Å². The van der Waals surface area contributed by atoms with Crippen molar-refractivity contribution in [1.82, 2.24) is 5.16 Å². The third-order valence-electron chi connectivity index (χ3n) is 2.14. The molecule has 0 radical (unpaired) electrons. The van der Waals surface area contributed by atoms with Crippen LogP contribution in [0.4, 0.5) is 5.69 Å². The Morgan fingerprint density at radius 1 is 1.56 bits per heavy atom. The van der Waals surface area contributed by atoms with Crippen molar-refractivity contribution >= 4 is 39.1 Å². The van der Waals surface area contributed by atoms with E-state index >= 15 is 0 Å². The van der Waals surface area contributed by atoms with Crippen LogP contribution in [0.3, 0.4) is 0 Å². The number of hydrogen-bond acceptors (Lipinski definition) is 4. The number of phenols is 1. The van der Waals surface area contributed by atoms with Crippen LogP contribution in [0.5, 0.6) is 5.75 Å². The van der Waals surface area contributed by atoms with Crippen molar-refractivity contribution in [3.05, 3.63) is 39.7 Å². The summed E-state index contributed by atoms with van der Waals surface area (Å²) in [5, 5.41) is 16.3. The number of aromatic hydroxyl groups is 1. The Hall–Kier alpha value is -1.53. The maximum atomic E-state index is 11.7. The van der Waals surface area contributed by atoms with Crippen LogP contribution in [0.25, 0.3) is 0 Å². The van der Waals surface area contributed by atoms with Gasteiger partial charge in [-0.05, 0) is 28.1 Å². The van der Waals surface area contributed by atoms with E-state index in [-0.39, 0.29) is 23.8 Å². The summed E-state index contributed by atoms with van der Waals surface area (Å²) in [4.78, 5) is 11.7. The van der Waals surface area contributed by atoms with Gasteiger partial charge >= 0.3 is 0 Å². The van der Waals surface area contributed by atoms with Crippen molar-refractivity contribution < 1.29 is 14.4 Å². The summed E-state index contributed by atoms with van der Waals surface area (Å²) in [6, 6.07) is 4.58. The van der Waals surface area contributed by atoms with E-state index in [9.17, 15) is 9.90 Å². The molecular weight excluding hydrogens is 323 g/mol. The molecule has 2 N–H and O–H groups in total. The second-order valence-corrected chi connectivity index (χ2v) is 4.79. The molecule has 7 heteroatoms. The fraction of sp³-hybridized carbons (Fsp3) is 0.0909. The van der Waals surface area contributed by atoms with Crippen molar-refractivity contribution in [1.29, 1.82) is 0 Å². The van der Waals surface area contributed by atoms with E-state index in [0.717, 1.165) is 0 Å². The number of halogens is 2. The van der Waals surface area contributed by atoms with Crippen molar-refractivity contribution in [2.24, 2.45) is 0 Å². The molecule has 0 bridgehead atoms. The molecule has 2 aromatic rings. The summed E-state index contributed by atoms with van der Waals surface area (Å²) in [6.07, 6.45) is 1.44. The van der Waals surface area contributed by atoms with E-state index < -0.39 is 0 Å². The molecule has 1 heterocycles. The van der Waals surface area contributed by atoms with Crippen molar-refractivity contribution in [2.45, 2.75) is 6.42 Å². The molecule has 0 saturated carbocycles. The fourth-order valence-corrected chi connectivity index (χ4v) is 2.16. The minimum absolute atomic E-state index is 0.0556. The van der Waals surface area contributed by atoms with Gasteiger partial charge in [0.05, 0.1) is 22.3 Å². The minimum Gasteiger partial charge on any atom is -0.505 e. The zero-order valence-corrected chi connectivity index (χ0v) is 11.3. The van der Waals surface area contributed by atoms with Gasteiger partial charge < -0.3 is 14.9 Å². The number of hydrogen-bond donors (Lipinski definition) is 2. The third kappa shape index (κ3) is 3.02. The SMILES string of the molecule is O=C(Cc1ccon1)Nc1cc(Cl)cc(Br)c1O. The van der Waals surface area contributed by atoms with Crippen LogP contribution < -0.4 is 5.32 Å². The summed E-state index contributed by atoms with van der Waals surface area (Å²) < 4.78 is 5.03. The number of amides is 1. The van der Waals surface area contributed by atoms with Crippen LogP contribution in [0.15, 0.2) is 33.5 Å². The lowest BCUT2D eigenvalue weighted by atomic mass is 10.2. The van der Waals surface area contributed by atoms with Crippen LogP contribution in [-0.2, 0) is 11.2 Å². The standard InChI is InChI=1S/C11H8BrClN2O3/c12-8-3-6(13)4-9(11(8)17)14-10(16)5-7-1-2-18-15-7/h1-4,17H,5H2,(H,14,16). The van der Waals surface area contributed by atoms with Gasteiger partial charge in [0.2, 0.25) is 5.91 Å². The molecular formula is C11H8BrClN2O3. The molecule has 0 atom stereocenters. The molecule has 1 aromatic carbocycles. The van der Waals surface area contributed by atoms with E-state index in [2.05, 4.69) is 30.9 Å². The Morgan fingerprint density at radius 2 is 2.33 bits per heavy atom. The molecule has 0 unspecified atom stereocenters. The first-order valence-corrected chi connectivity index (χ1v) is 6.10. The zero-order valence-electron chi connectivity index (χ0n) is 8.98. The van der Waals surface area contributed by atoms with Crippen LogP contribution in [0.1, 0.15) is 5.69 Å². The van der Waals surface area contributed by atoms with Gasteiger partial charge in [0.15, 0.2) is 5.75 Å². The number of rotatable bonds is 3. The number of aromatic nitrogens is 1. The van der Waals surface area contributed by atoms with Crippen LogP contribution in [0, 0.1) is 0 Å². The number of benzene rings is 1. The molecule has 0 saturated heterocycles. The molecule has 94 valence electrons. The monoisotopic (exact) mass is 330 g/mol. The third-order valence-corrected chi connectivity index (χ3v) is 2.96.